The molecule has 1 aromatic carbocycles. The largest absolute Gasteiger partial charge is 0.408 e. The van der Waals surface area contributed by atoms with E-state index >= 15 is 0 Å². The number of nitrogens with zero attached hydrogens (tertiary/aromatic N) is 3. The number of hydrogen-bond acceptors (Lipinski definition) is 7. The molecule has 8 nitrogen and oxygen atoms in total. The highest BCUT2D eigenvalue weighted by atomic mass is 16.4. The van der Waals surface area contributed by atoms with Gasteiger partial charge < -0.3 is 9.84 Å². The predicted octanol–water partition coefficient (Wildman–Crippen LogP) is 1.46. The number of nitrogens with two attached hydrogens (primary N) is 1. The Kier molecular flexibility index (Phi) is 3.20. The van der Waals surface area contributed by atoms with E-state index in [9.17, 15) is 4.79 Å². The maximum Gasteiger partial charge on any atom is 0.322 e. The Morgan fingerprint density at radius 2 is 2.10 bits per heavy atom. The van der Waals surface area contributed by atoms with E-state index in [1.54, 1.807) is 19.1 Å². The number of nitrogens with one attached hydrogen (secondary N) is 2. The fourth-order valence-electron chi connectivity index (χ4n) is 1.92. The maximum atomic E-state index is 12.2. The molecular weight excluding hydrogens is 272 g/mol. The normalized spacial score (nSPS) is 10.6. The highest BCUT2D eigenvalue weighted by Gasteiger charge is 2.14. The Labute approximate surface area is 119 Å². The second-order valence-electron chi connectivity index (χ2n) is 4.30. The lowest BCUT2D eigenvalue weighted by Crippen LogP contribution is -2.16. The summed E-state index contributed by atoms with van der Waals surface area (Å²) in [5.41, 5.74) is 4.01. The summed E-state index contributed by atoms with van der Waals surface area (Å²) >= 11 is 0. The molecule has 8 heteroatoms. The summed E-state index contributed by atoms with van der Waals surface area (Å²) in [4.78, 5) is 16.5. The van der Waals surface area contributed by atoms with Crippen molar-refractivity contribution in [3.8, 4) is 0 Å². The van der Waals surface area contributed by atoms with Crippen molar-refractivity contribution >= 4 is 28.5 Å². The van der Waals surface area contributed by atoms with Crippen molar-refractivity contribution in [3.05, 3.63) is 41.9 Å². The maximum absolute atomic E-state index is 12.2. The van der Waals surface area contributed by atoms with Crippen LogP contribution in [0.2, 0.25) is 0 Å². The summed E-state index contributed by atoms with van der Waals surface area (Å²) < 4.78 is 5.10. The zero-order chi connectivity index (χ0) is 14.8. The average Bonchev–Trinajstić information content (AvgIpc) is 2.91. The van der Waals surface area contributed by atoms with E-state index < -0.39 is 5.91 Å². The lowest BCUT2D eigenvalue weighted by molar-refractivity contribution is 0.101. The average molecular weight is 284 g/mol. The number of carbonyl (C=O) groups is 1. The van der Waals surface area contributed by atoms with E-state index in [0.717, 1.165) is 5.39 Å². The molecular formula is C13H12N6O2. The van der Waals surface area contributed by atoms with Crippen molar-refractivity contribution in [1.82, 2.24) is 15.2 Å². The van der Waals surface area contributed by atoms with E-state index in [2.05, 4.69) is 25.9 Å². The number of amides is 1. The van der Waals surface area contributed by atoms with E-state index in [4.69, 9.17) is 10.3 Å². The molecule has 0 fully saturated rings. The number of aryl methyl sites for hydroxylation is 1. The fraction of sp³-hybridized carbons (Fsp3) is 0.0769. The zero-order valence-electron chi connectivity index (χ0n) is 11.1. The number of anilines is 2. The molecule has 0 aliphatic carbocycles. The first-order chi connectivity index (χ1) is 10.2. The Morgan fingerprint density at radius 1 is 1.29 bits per heavy atom. The van der Waals surface area contributed by atoms with Crippen molar-refractivity contribution in [2.45, 2.75) is 6.92 Å². The number of nitrogen functional groups attached to an aromatic ring is 1. The molecule has 2 aromatic heterocycles. The van der Waals surface area contributed by atoms with Gasteiger partial charge in [-0.15, -0.1) is 5.10 Å². The number of carbonyl (C=O) groups excluding carboxylic acids is 1. The first kappa shape index (κ1) is 13.0. The number of pyridine rings is 1. The van der Waals surface area contributed by atoms with Gasteiger partial charge in [0, 0.05) is 12.3 Å². The van der Waals surface area contributed by atoms with E-state index in [1.165, 1.54) is 0 Å². The molecule has 2 heterocycles. The number of hydrogen-bond donors (Lipinski definition) is 3. The van der Waals surface area contributed by atoms with E-state index in [0.29, 0.717) is 17.1 Å². The van der Waals surface area contributed by atoms with Crippen molar-refractivity contribution < 1.29 is 9.21 Å². The van der Waals surface area contributed by atoms with Crippen LogP contribution in [0.3, 0.4) is 0 Å². The number of para-hydroxylation sites is 1. The molecule has 0 bridgehead atoms. The number of aromatic nitrogens is 3. The third-order valence-corrected chi connectivity index (χ3v) is 2.85. The summed E-state index contributed by atoms with van der Waals surface area (Å²) in [6.45, 7) is 1.63. The summed E-state index contributed by atoms with van der Waals surface area (Å²) in [5.74, 6) is 5.40. The molecule has 4 N–H and O–H groups in total. The highest BCUT2D eigenvalue weighted by Crippen LogP contribution is 2.22. The van der Waals surface area contributed by atoms with Crippen LogP contribution >= 0.6 is 0 Å². The van der Waals surface area contributed by atoms with Crippen molar-refractivity contribution in [2.24, 2.45) is 5.84 Å². The smallest absolute Gasteiger partial charge is 0.322 e. The zero-order valence-corrected chi connectivity index (χ0v) is 11.1. The number of benzene rings is 1. The van der Waals surface area contributed by atoms with Gasteiger partial charge >= 0.3 is 6.01 Å². The molecule has 0 atom stereocenters. The van der Waals surface area contributed by atoms with Crippen LogP contribution in [0.4, 0.5) is 11.7 Å². The third-order valence-electron chi connectivity index (χ3n) is 2.85. The molecule has 0 saturated heterocycles. The molecule has 0 radical (unpaired) electrons. The van der Waals surface area contributed by atoms with E-state index in [1.807, 2.05) is 18.2 Å². The molecule has 106 valence electrons. The predicted molar refractivity (Wildman–Crippen MR) is 76.5 cm³/mol. The van der Waals surface area contributed by atoms with Gasteiger partial charge in [0.05, 0.1) is 11.2 Å². The van der Waals surface area contributed by atoms with Crippen molar-refractivity contribution in [3.63, 3.8) is 0 Å². The van der Waals surface area contributed by atoms with Crippen molar-refractivity contribution in [2.75, 3.05) is 10.7 Å². The highest BCUT2D eigenvalue weighted by molar-refractivity contribution is 6.05. The van der Waals surface area contributed by atoms with Crippen LogP contribution in [0.5, 0.6) is 0 Å². The van der Waals surface area contributed by atoms with Crippen LogP contribution in [-0.4, -0.2) is 21.1 Å². The van der Waals surface area contributed by atoms with Crippen LogP contribution in [0.1, 0.15) is 16.4 Å². The fourth-order valence-corrected chi connectivity index (χ4v) is 1.92. The van der Waals surface area contributed by atoms with Crippen LogP contribution in [0.15, 0.2) is 34.7 Å². The van der Waals surface area contributed by atoms with Gasteiger partial charge in [0.2, 0.25) is 5.89 Å². The standard InChI is InChI=1S/C13H12N6O2/c1-7-18-19-13(21-7)16-12(20)11-6-10(17-14)8-4-2-3-5-9(8)15-11/h2-6H,14H2,1H3,(H,15,17)(H,16,19,20). The second-order valence-corrected chi connectivity index (χ2v) is 4.30. The summed E-state index contributed by atoms with van der Waals surface area (Å²) in [5, 5.41) is 10.6. The quantitative estimate of drug-likeness (QED) is 0.492. The second kappa shape index (κ2) is 5.17. The van der Waals surface area contributed by atoms with Crippen LogP contribution in [0.25, 0.3) is 10.9 Å². The van der Waals surface area contributed by atoms with Gasteiger partial charge in [-0.2, -0.15) is 0 Å². The summed E-state index contributed by atoms with van der Waals surface area (Å²) in [6.07, 6.45) is 0. The molecule has 3 rings (SSSR count). The Bertz CT molecular complexity index is 813. The summed E-state index contributed by atoms with van der Waals surface area (Å²) in [7, 11) is 0. The van der Waals surface area contributed by atoms with Gasteiger partial charge in [-0.25, -0.2) is 4.98 Å². The molecule has 21 heavy (non-hydrogen) atoms. The topological polar surface area (TPSA) is 119 Å². The first-order valence-electron chi connectivity index (χ1n) is 6.15. The minimum absolute atomic E-state index is 0.0229. The molecule has 0 spiro atoms. The van der Waals surface area contributed by atoms with Gasteiger partial charge in [0.1, 0.15) is 5.69 Å². The minimum Gasteiger partial charge on any atom is -0.408 e. The SMILES string of the molecule is Cc1nnc(NC(=O)c2cc(NN)c3ccccc3n2)o1. The molecule has 0 unspecified atom stereocenters. The van der Waals surface area contributed by atoms with Gasteiger partial charge in [0.25, 0.3) is 5.91 Å². The number of fused-ring (bicyclic) bond motifs is 1. The Morgan fingerprint density at radius 3 is 2.81 bits per heavy atom. The summed E-state index contributed by atoms with van der Waals surface area (Å²) in [6, 6.07) is 8.94. The molecule has 0 aliphatic rings. The third kappa shape index (κ3) is 2.51. The number of hydrazine groups is 1. The lowest BCUT2D eigenvalue weighted by atomic mass is 10.1. The van der Waals surface area contributed by atoms with Crippen molar-refractivity contribution in [1.29, 1.82) is 0 Å². The van der Waals surface area contributed by atoms with Crippen LogP contribution in [0, 0.1) is 6.92 Å². The van der Waals surface area contributed by atoms with Crippen LogP contribution in [-0.2, 0) is 0 Å². The monoisotopic (exact) mass is 284 g/mol. The molecule has 3 aromatic rings. The van der Waals surface area contributed by atoms with Gasteiger partial charge in [0.15, 0.2) is 0 Å². The van der Waals surface area contributed by atoms with Gasteiger partial charge in [-0.1, -0.05) is 23.3 Å². The molecule has 1 amide bonds. The number of rotatable bonds is 3. The van der Waals surface area contributed by atoms with Gasteiger partial charge in [-0.3, -0.25) is 16.0 Å². The minimum atomic E-state index is -0.457. The van der Waals surface area contributed by atoms with Crippen LogP contribution < -0.4 is 16.6 Å². The lowest BCUT2D eigenvalue weighted by Gasteiger charge is -2.08. The molecule has 0 aliphatic heterocycles. The first-order valence-corrected chi connectivity index (χ1v) is 6.15. The Hall–Kier alpha value is -3.00. The van der Waals surface area contributed by atoms with Gasteiger partial charge in [-0.05, 0) is 12.1 Å². The van der Waals surface area contributed by atoms with E-state index in [-0.39, 0.29) is 11.7 Å². The molecule has 0 saturated carbocycles. The Balaban J connectivity index is 1.98.